The molecule has 1 heterocycles. The third kappa shape index (κ3) is 3.76. The highest BCUT2D eigenvalue weighted by molar-refractivity contribution is 7.16. The molecule has 1 aromatic carbocycles. The van der Waals surface area contributed by atoms with E-state index in [1.54, 1.807) is 12.1 Å². The molecule has 2 rings (SSSR count). The number of halogens is 2. The minimum absolute atomic E-state index is 0.0979. The summed E-state index contributed by atoms with van der Waals surface area (Å²) in [4.78, 5) is 3.24. The molecule has 1 aromatic heterocycles. The van der Waals surface area contributed by atoms with Gasteiger partial charge in [-0.3, -0.25) is 4.90 Å². The lowest BCUT2D eigenvalue weighted by Gasteiger charge is -2.26. The molecule has 0 fully saturated rings. The van der Waals surface area contributed by atoms with E-state index in [0.717, 1.165) is 14.8 Å². The Hall–Kier alpha value is -0.940. The summed E-state index contributed by atoms with van der Waals surface area (Å²) in [7, 11) is 1.98. The first-order valence-electron chi connectivity index (χ1n) is 6.00. The van der Waals surface area contributed by atoms with Crippen LogP contribution in [0.4, 0.5) is 4.39 Å². The smallest absolute Gasteiger partial charge is 0.123 e. The second kappa shape index (κ2) is 6.48. The molecular weight excluding hydrogens is 283 g/mol. The highest BCUT2D eigenvalue weighted by Crippen LogP contribution is 2.30. The van der Waals surface area contributed by atoms with E-state index in [9.17, 15) is 4.39 Å². The highest BCUT2D eigenvalue weighted by atomic mass is 35.5. The van der Waals surface area contributed by atoms with Crippen LogP contribution in [0.3, 0.4) is 0 Å². The first-order valence-corrected chi connectivity index (χ1v) is 7.19. The maximum Gasteiger partial charge on any atom is 0.123 e. The number of nitrogens with two attached hydrogens (primary N) is 1. The standard InChI is InChI=1S/C14H16ClFN2S/c1-18(9-10-3-2-4-11(16)7-10)12(8-17)13-5-6-14(15)19-13/h2-7,12H,8-9,17H2,1H3. The normalized spacial score (nSPS) is 12.9. The number of thiophene rings is 1. The molecule has 1 atom stereocenters. The molecule has 0 aliphatic carbocycles. The SMILES string of the molecule is CN(Cc1cccc(F)c1)C(CN)c1ccc(Cl)s1. The molecule has 0 aliphatic rings. The van der Waals surface area contributed by atoms with E-state index in [0.29, 0.717) is 13.1 Å². The van der Waals surface area contributed by atoms with Gasteiger partial charge in [0.05, 0.1) is 10.4 Å². The fourth-order valence-electron chi connectivity index (χ4n) is 2.05. The van der Waals surface area contributed by atoms with Crippen LogP contribution in [0.15, 0.2) is 36.4 Å². The Bertz CT molecular complexity index is 544. The second-order valence-corrected chi connectivity index (χ2v) is 6.19. The van der Waals surface area contributed by atoms with Gasteiger partial charge in [0.1, 0.15) is 5.82 Å². The number of hydrogen-bond donors (Lipinski definition) is 1. The molecule has 0 aliphatic heterocycles. The van der Waals surface area contributed by atoms with Gasteiger partial charge in [-0.05, 0) is 36.9 Å². The minimum Gasteiger partial charge on any atom is -0.329 e. The van der Waals surface area contributed by atoms with Crippen LogP contribution >= 0.6 is 22.9 Å². The molecule has 0 bridgehead atoms. The summed E-state index contributed by atoms with van der Waals surface area (Å²) < 4.78 is 13.9. The predicted molar refractivity (Wildman–Crippen MR) is 79.0 cm³/mol. The fourth-order valence-corrected chi connectivity index (χ4v) is 3.29. The molecular formula is C14H16ClFN2S. The van der Waals surface area contributed by atoms with E-state index in [4.69, 9.17) is 17.3 Å². The number of likely N-dealkylation sites (N-methyl/N-ethyl adjacent to an activating group) is 1. The Labute approximate surface area is 121 Å². The van der Waals surface area contributed by atoms with E-state index < -0.39 is 0 Å². The van der Waals surface area contributed by atoms with Gasteiger partial charge >= 0.3 is 0 Å². The van der Waals surface area contributed by atoms with Crippen molar-refractivity contribution in [1.82, 2.24) is 4.90 Å². The van der Waals surface area contributed by atoms with Crippen LogP contribution in [-0.2, 0) is 6.54 Å². The monoisotopic (exact) mass is 298 g/mol. The minimum atomic E-state index is -0.214. The van der Waals surface area contributed by atoms with Crippen LogP contribution in [0, 0.1) is 5.82 Å². The van der Waals surface area contributed by atoms with Gasteiger partial charge in [-0.15, -0.1) is 11.3 Å². The Morgan fingerprint density at radius 1 is 1.37 bits per heavy atom. The van der Waals surface area contributed by atoms with Crippen molar-refractivity contribution < 1.29 is 4.39 Å². The van der Waals surface area contributed by atoms with E-state index >= 15 is 0 Å². The molecule has 102 valence electrons. The first-order chi connectivity index (χ1) is 9.10. The molecule has 0 spiro atoms. The Morgan fingerprint density at radius 2 is 2.16 bits per heavy atom. The molecule has 5 heteroatoms. The fraction of sp³-hybridized carbons (Fsp3) is 0.286. The van der Waals surface area contributed by atoms with Crippen molar-refractivity contribution in [3.63, 3.8) is 0 Å². The zero-order chi connectivity index (χ0) is 13.8. The lowest BCUT2D eigenvalue weighted by molar-refractivity contribution is 0.245. The highest BCUT2D eigenvalue weighted by Gasteiger charge is 2.17. The van der Waals surface area contributed by atoms with Crippen molar-refractivity contribution >= 4 is 22.9 Å². The summed E-state index contributed by atoms with van der Waals surface area (Å²) in [5, 5.41) is 0. The van der Waals surface area contributed by atoms with Crippen LogP contribution < -0.4 is 5.73 Å². The van der Waals surface area contributed by atoms with Gasteiger partial charge in [-0.1, -0.05) is 23.7 Å². The lowest BCUT2D eigenvalue weighted by Crippen LogP contribution is -2.29. The summed E-state index contributed by atoms with van der Waals surface area (Å²) >= 11 is 7.49. The van der Waals surface area contributed by atoms with Gasteiger partial charge in [0.25, 0.3) is 0 Å². The van der Waals surface area contributed by atoms with Crippen molar-refractivity contribution in [2.75, 3.05) is 13.6 Å². The maximum atomic E-state index is 13.2. The van der Waals surface area contributed by atoms with E-state index in [1.165, 1.54) is 17.4 Å². The summed E-state index contributed by atoms with van der Waals surface area (Å²) in [6.45, 7) is 1.15. The first kappa shape index (κ1) is 14.5. The Morgan fingerprint density at radius 3 is 2.74 bits per heavy atom. The molecule has 1 unspecified atom stereocenters. The van der Waals surface area contributed by atoms with Crippen LogP contribution in [0.1, 0.15) is 16.5 Å². The van der Waals surface area contributed by atoms with Gasteiger partial charge in [-0.2, -0.15) is 0 Å². The van der Waals surface area contributed by atoms with E-state index in [2.05, 4.69) is 4.90 Å². The number of benzene rings is 1. The quantitative estimate of drug-likeness (QED) is 0.912. The third-order valence-corrected chi connectivity index (χ3v) is 4.33. The molecule has 0 saturated carbocycles. The molecule has 2 N–H and O–H groups in total. The van der Waals surface area contributed by atoms with Crippen molar-refractivity contribution in [2.24, 2.45) is 5.73 Å². The summed E-state index contributed by atoms with van der Waals surface area (Å²) in [5.74, 6) is -0.214. The number of rotatable bonds is 5. The third-order valence-electron chi connectivity index (χ3n) is 3.00. The van der Waals surface area contributed by atoms with Crippen molar-refractivity contribution in [3.8, 4) is 0 Å². The maximum absolute atomic E-state index is 13.2. The van der Waals surface area contributed by atoms with Crippen molar-refractivity contribution in [2.45, 2.75) is 12.6 Å². The average Bonchev–Trinajstić information content (AvgIpc) is 2.76. The second-order valence-electron chi connectivity index (χ2n) is 4.44. The zero-order valence-electron chi connectivity index (χ0n) is 10.6. The molecule has 0 radical (unpaired) electrons. The molecule has 0 amide bonds. The molecule has 2 nitrogen and oxygen atoms in total. The molecule has 19 heavy (non-hydrogen) atoms. The number of nitrogens with zero attached hydrogens (tertiary/aromatic N) is 1. The van der Waals surface area contributed by atoms with Gasteiger partial charge in [0.15, 0.2) is 0 Å². The van der Waals surface area contributed by atoms with Gasteiger partial charge in [0, 0.05) is 18.0 Å². The Balaban J connectivity index is 2.11. The van der Waals surface area contributed by atoms with Gasteiger partial charge in [-0.25, -0.2) is 4.39 Å². The predicted octanol–water partition coefficient (Wildman–Crippen LogP) is 3.67. The van der Waals surface area contributed by atoms with Crippen molar-refractivity contribution in [3.05, 3.63) is 57.0 Å². The van der Waals surface area contributed by atoms with Crippen LogP contribution in [-0.4, -0.2) is 18.5 Å². The van der Waals surface area contributed by atoms with Gasteiger partial charge < -0.3 is 5.73 Å². The van der Waals surface area contributed by atoms with Crippen LogP contribution in [0.25, 0.3) is 0 Å². The molecule has 0 saturated heterocycles. The van der Waals surface area contributed by atoms with Crippen LogP contribution in [0.2, 0.25) is 4.34 Å². The molecule has 2 aromatic rings. The summed E-state index contributed by atoms with van der Waals surface area (Å²) in [6.07, 6.45) is 0. The van der Waals surface area contributed by atoms with Gasteiger partial charge in [0.2, 0.25) is 0 Å². The van der Waals surface area contributed by atoms with Crippen molar-refractivity contribution in [1.29, 1.82) is 0 Å². The topological polar surface area (TPSA) is 29.3 Å². The lowest BCUT2D eigenvalue weighted by atomic mass is 10.1. The van der Waals surface area contributed by atoms with Crippen LogP contribution in [0.5, 0.6) is 0 Å². The van der Waals surface area contributed by atoms with E-state index in [-0.39, 0.29) is 11.9 Å². The zero-order valence-corrected chi connectivity index (χ0v) is 12.2. The summed E-state index contributed by atoms with van der Waals surface area (Å²) in [6, 6.07) is 10.6. The largest absolute Gasteiger partial charge is 0.329 e. The average molecular weight is 299 g/mol. The summed E-state index contributed by atoms with van der Waals surface area (Å²) in [5.41, 5.74) is 6.78. The van der Waals surface area contributed by atoms with E-state index in [1.807, 2.05) is 25.2 Å². The Kier molecular flexibility index (Phi) is 4.93. The number of hydrogen-bond acceptors (Lipinski definition) is 3.